The molecule has 3 rings (SSSR count). The van der Waals surface area contributed by atoms with Gasteiger partial charge in [-0.05, 0) is 24.3 Å². The summed E-state index contributed by atoms with van der Waals surface area (Å²) in [7, 11) is 5.44. The summed E-state index contributed by atoms with van der Waals surface area (Å²) < 4.78 is 12.1. The highest BCUT2D eigenvalue weighted by Gasteiger charge is 2.18. The van der Waals surface area contributed by atoms with Crippen LogP contribution >= 0.6 is 0 Å². The van der Waals surface area contributed by atoms with Gasteiger partial charge in [-0.1, -0.05) is 0 Å². The van der Waals surface area contributed by atoms with Gasteiger partial charge in [-0.25, -0.2) is 4.79 Å². The topological polar surface area (TPSA) is 63.6 Å². The number of carbonyl (C=O) groups is 1. The van der Waals surface area contributed by atoms with Crippen LogP contribution in [0.15, 0.2) is 58.0 Å². The van der Waals surface area contributed by atoms with Crippen LogP contribution in [0, 0.1) is 0 Å². The van der Waals surface area contributed by atoms with E-state index in [1.165, 1.54) is 0 Å². The van der Waals surface area contributed by atoms with Crippen molar-refractivity contribution in [2.45, 2.75) is 6.54 Å². The van der Waals surface area contributed by atoms with Gasteiger partial charge in [-0.15, -0.1) is 0 Å². The SMILES string of the molecule is COc1ccc2oc(=O)c(C(=O)C[n+]3ccc(N(C)C)cc3)cc2c1.[Cl-]. The second-order valence-electron chi connectivity index (χ2n) is 5.90. The van der Waals surface area contributed by atoms with Gasteiger partial charge < -0.3 is 26.5 Å². The van der Waals surface area contributed by atoms with E-state index >= 15 is 0 Å². The number of pyridine rings is 1. The van der Waals surface area contributed by atoms with Gasteiger partial charge in [0.15, 0.2) is 12.4 Å². The molecule has 0 saturated carbocycles. The van der Waals surface area contributed by atoms with E-state index in [0.717, 1.165) is 5.69 Å². The molecule has 0 spiro atoms. The Kier molecular flexibility index (Phi) is 6.00. The van der Waals surface area contributed by atoms with E-state index in [9.17, 15) is 9.59 Å². The number of rotatable bonds is 5. The monoisotopic (exact) mass is 374 g/mol. The average molecular weight is 375 g/mol. The summed E-state index contributed by atoms with van der Waals surface area (Å²) >= 11 is 0. The minimum atomic E-state index is -0.631. The van der Waals surface area contributed by atoms with Crippen molar-refractivity contribution in [3.63, 3.8) is 0 Å². The number of anilines is 1. The van der Waals surface area contributed by atoms with Crippen LogP contribution < -0.4 is 32.2 Å². The molecule has 136 valence electrons. The minimum Gasteiger partial charge on any atom is -1.00 e. The first-order chi connectivity index (χ1) is 12.0. The molecule has 6 nitrogen and oxygen atoms in total. The van der Waals surface area contributed by atoms with Crippen molar-refractivity contribution in [3.05, 3.63) is 64.8 Å². The zero-order valence-electron chi connectivity index (χ0n) is 14.7. The van der Waals surface area contributed by atoms with Gasteiger partial charge in [0.05, 0.1) is 7.11 Å². The summed E-state index contributed by atoms with van der Waals surface area (Å²) in [5, 5.41) is 0.648. The summed E-state index contributed by atoms with van der Waals surface area (Å²) in [6.45, 7) is 0.0634. The van der Waals surface area contributed by atoms with Crippen molar-refractivity contribution in [2.75, 3.05) is 26.1 Å². The molecule has 0 N–H and O–H groups in total. The second-order valence-corrected chi connectivity index (χ2v) is 5.90. The predicted octanol–water partition coefficient (Wildman–Crippen LogP) is -0.958. The van der Waals surface area contributed by atoms with Gasteiger partial charge in [0.25, 0.3) is 0 Å². The van der Waals surface area contributed by atoms with Gasteiger partial charge in [-0.2, -0.15) is 4.57 Å². The zero-order valence-corrected chi connectivity index (χ0v) is 15.5. The smallest absolute Gasteiger partial charge is 0.347 e. The maximum Gasteiger partial charge on any atom is 0.347 e. The van der Waals surface area contributed by atoms with Gasteiger partial charge >= 0.3 is 5.63 Å². The van der Waals surface area contributed by atoms with Crippen molar-refractivity contribution in [1.82, 2.24) is 0 Å². The number of Topliss-reactive ketones (excluding diaryl/α,β-unsaturated/α-hetero) is 1. The van der Waals surface area contributed by atoms with Crippen LogP contribution in [0.4, 0.5) is 5.69 Å². The maximum atomic E-state index is 12.5. The summed E-state index contributed by atoms with van der Waals surface area (Å²) in [4.78, 5) is 26.6. The number of hydrogen-bond donors (Lipinski definition) is 0. The molecule has 2 heterocycles. The number of fused-ring (bicyclic) bond motifs is 1. The van der Waals surface area contributed by atoms with Crippen LogP contribution in [-0.2, 0) is 6.54 Å². The fourth-order valence-corrected chi connectivity index (χ4v) is 2.53. The number of ketones is 1. The van der Waals surface area contributed by atoms with Crippen LogP contribution in [-0.4, -0.2) is 27.0 Å². The van der Waals surface area contributed by atoms with E-state index in [-0.39, 0.29) is 30.3 Å². The molecule has 7 heteroatoms. The van der Waals surface area contributed by atoms with Crippen molar-refractivity contribution in [2.24, 2.45) is 0 Å². The fraction of sp³-hybridized carbons (Fsp3) is 0.211. The molecular formula is C19H19ClN2O4. The van der Waals surface area contributed by atoms with E-state index in [1.54, 1.807) is 48.3 Å². The van der Waals surface area contributed by atoms with Crippen LogP contribution in [0.25, 0.3) is 11.0 Å². The Balaban J connectivity index is 0.00000243. The number of nitrogens with zero attached hydrogens (tertiary/aromatic N) is 2. The second kappa shape index (κ2) is 8.01. The molecule has 2 aromatic heterocycles. The normalized spacial score (nSPS) is 10.3. The molecule has 1 aromatic carbocycles. The van der Waals surface area contributed by atoms with Gasteiger partial charge in [0, 0.05) is 37.3 Å². The van der Waals surface area contributed by atoms with Crippen molar-refractivity contribution >= 4 is 22.4 Å². The largest absolute Gasteiger partial charge is 1.00 e. The number of ether oxygens (including phenoxy) is 1. The molecule has 0 unspecified atom stereocenters. The van der Waals surface area contributed by atoms with E-state index in [0.29, 0.717) is 16.7 Å². The third-order valence-corrected chi connectivity index (χ3v) is 3.96. The van der Waals surface area contributed by atoms with Crippen LogP contribution in [0.3, 0.4) is 0 Å². The number of aromatic nitrogens is 1. The van der Waals surface area contributed by atoms with Crippen molar-refractivity contribution in [1.29, 1.82) is 0 Å². The third-order valence-electron chi connectivity index (χ3n) is 3.96. The standard InChI is InChI=1S/C19H19N2O4.ClH/c1-20(2)14-6-8-21(9-7-14)12-17(22)16-11-13-10-15(24-3)4-5-18(13)25-19(16)23;/h4-11H,12H2,1-3H3;1H/q+1;/p-1. The quantitative estimate of drug-likeness (QED) is 0.327. The molecular weight excluding hydrogens is 356 g/mol. The number of benzene rings is 1. The first-order valence-electron chi connectivity index (χ1n) is 7.79. The first kappa shape index (κ1) is 19.5. The highest BCUT2D eigenvalue weighted by molar-refractivity contribution is 5.97. The fourth-order valence-electron chi connectivity index (χ4n) is 2.53. The molecule has 0 atom stereocenters. The summed E-state index contributed by atoms with van der Waals surface area (Å²) in [6, 6.07) is 10.4. The molecule has 26 heavy (non-hydrogen) atoms. The predicted molar refractivity (Wildman–Crippen MR) is 94.3 cm³/mol. The van der Waals surface area contributed by atoms with Crippen LogP contribution in [0.1, 0.15) is 10.4 Å². The summed E-state index contributed by atoms with van der Waals surface area (Å²) in [6.07, 6.45) is 3.61. The highest BCUT2D eigenvalue weighted by Crippen LogP contribution is 2.20. The van der Waals surface area contributed by atoms with Gasteiger partial charge in [0.2, 0.25) is 12.3 Å². The van der Waals surface area contributed by atoms with E-state index < -0.39 is 5.63 Å². The average Bonchev–Trinajstić information content (AvgIpc) is 2.61. The summed E-state index contributed by atoms with van der Waals surface area (Å²) in [5.41, 5.74) is 0.851. The molecule has 0 aliphatic carbocycles. The molecule has 0 saturated heterocycles. The van der Waals surface area contributed by atoms with Crippen LogP contribution in [0.2, 0.25) is 0 Å². The molecule has 0 aliphatic heterocycles. The number of hydrogen-bond acceptors (Lipinski definition) is 5. The first-order valence-corrected chi connectivity index (χ1v) is 7.79. The zero-order chi connectivity index (χ0) is 18.0. The van der Waals surface area contributed by atoms with Crippen molar-refractivity contribution < 1.29 is 30.9 Å². The Bertz CT molecular complexity index is 981. The van der Waals surface area contributed by atoms with Crippen molar-refractivity contribution in [3.8, 4) is 5.75 Å². The van der Waals surface area contributed by atoms with E-state index in [1.807, 2.05) is 31.1 Å². The molecule has 0 radical (unpaired) electrons. The Morgan fingerprint density at radius 1 is 1.15 bits per heavy atom. The lowest BCUT2D eigenvalue weighted by molar-refractivity contribution is -0.683. The maximum absolute atomic E-state index is 12.5. The lowest BCUT2D eigenvalue weighted by Gasteiger charge is -2.10. The number of halogens is 1. The highest BCUT2D eigenvalue weighted by atomic mass is 35.5. The van der Waals surface area contributed by atoms with E-state index in [4.69, 9.17) is 9.15 Å². The van der Waals surface area contributed by atoms with E-state index in [2.05, 4.69) is 0 Å². The lowest BCUT2D eigenvalue weighted by atomic mass is 10.1. The minimum absolute atomic E-state index is 0. The third kappa shape index (κ3) is 4.03. The molecule has 3 aromatic rings. The molecule has 0 fully saturated rings. The van der Waals surface area contributed by atoms with Crippen LogP contribution in [0.5, 0.6) is 5.75 Å². The number of carbonyl (C=O) groups excluding carboxylic acids is 1. The Hall–Kier alpha value is -2.86. The Labute approximate surface area is 157 Å². The molecule has 0 amide bonds. The molecule has 0 aliphatic rings. The van der Waals surface area contributed by atoms with Gasteiger partial charge in [-0.3, -0.25) is 4.79 Å². The Morgan fingerprint density at radius 2 is 1.85 bits per heavy atom. The Morgan fingerprint density at radius 3 is 2.46 bits per heavy atom. The number of methoxy groups -OCH3 is 1. The lowest BCUT2D eigenvalue weighted by Crippen LogP contribution is -3.00. The molecule has 0 bridgehead atoms. The summed E-state index contributed by atoms with van der Waals surface area (Å²) in [5.74, 6) is 0.328. The van der Waals surface area contributed by atoms with Gasteiger partial charge in [0.1, 0.15) is 16.9 Å².